The number of carbonyl (C=O) groups excluding carboxylic acids is 2. The van der Waals surface area contributed by atoms with Crippen molar-refractivity contribution in [2.24, 2.45) is 0 Å². The van der Waals surface area contributed by atoms with Gasteiger partial charge in [-0.1, -0.05) is 118 Å². The molecule has 0 amide bonds. The average Bonchev–Trinajstić information content (AvgIpc) is 2.91. The molecule has 0 aliphatic rings. The summed E-state index contributed by atoms with van der Waals surface area (Å²) >= 11 is 0. The molecule has 200 valence electrons. The fourth-order valence-electron chi connectivity index (χ4n) is 4.79. The van der Waals surface area contributed by atoms with Crippen LogP contribution in [0.3, 0.4) is 0 Å². The van der Waals surface area contributed by atoms with Crippen LogP contribution in [-0.4, -0.2) is 44.6 Å². The van der Waals surface area contributed by atoms with Crippen molar-refractivity contribution in [3.8, 4) is 0 Å². The van der Waals surface area contributed by atoms with Crippen LogP contribution in [0.4, 0.5) is 0 Å². The molecule has 0 saturated carbocycles. The molecule has 0 bridgehead atoms. The highest BCUT2D eigenvalue weighted by Crippen LogP contribution is 2.38. The second kappa shape index (κ2) is 12.3. The lowest BCUT2D eigenvalue weighted by Gasteiger charge is -2.46. The van der Waals surface area contributed by atoms with Gasteiger partial charge in [0, 0.05) is 6.92 Å². The molecule has 1 atom stereocenters. The molecule has 0 heterocycles. The van der Waals surface area contributed by atoms with Crippen LogP contribution in [0.1, 0.15) is 33.3 Å². The van der Waals surface area contributed by atoms with E-state index in [4.69, 9.17) is 14.0 Å². The molecule has 0 aliphatic carbocycles. The molecule has 3 rings (SSSR count). The standard InChI is InChI=1S/C31H37NO5Si/c1-7-31(29(34)35-6,32(37-25(2)33)23-26-17-11-8-12-18-26)24-36-38(30(3,4)5,27-19-13-9-14-20-27)28-21-15-10-16-22-28/h7-22H,1,23-24H2,2-6H3/t31-/m0/s1. The summed E-state index contributed by atoms with van der Waals surface area (Å²) in [5, 5.41) is 3.11. The number of hydroxylamine groups is 2. The van der Waals surface area contributed by atoms with Gasteiger partial charge in [0.1, 0.15) is 0 Å². The summed E-state index contributed by atoms with van der Waals surface area (Å²) in [4.78, 5) is 31.4. The van der Waals surface area contributed by atoms with Crippen molar-refractivity contribution in [3.63, 3.8) is 0 Å². The highest BCUT2D eigenvalue weighted by Gasteiger charge is 2.54. The minimum absolute atomic E-state index is 0.131. The molecule has 0 aromatic heterocycles. The van der Waals surface area contributed by atoms with Crippen molar-refractivity contribution >= 4 is 30.6 Å². The Morgan fingerprint density at radius 3 is 1.74 bits per heavy atom. The number of rotatable bonds is 11. The maximum atomic E-state index is 13.5. The first kappa shape index (κ1) is 29.0. The number of ether oxygens (including phenoxy) is 1. The quantitative estimate of drug-likeness (QED) is 0.155. The van der Waals surface area contributed by atoms with Crippen molar-refractivity contribution in [2.45, 2.75) is 44.8 Å². The fourth-order valence-corrected chi connectivity index (χ4v) is 9.38. The summed E-state index contributed by atoms with van der Waals surface area (Å²) < 4.78 is 12.3. The summed E-state index contributed by atoms with van der Waals surface area (Å²) in [6, 6.07) is 29.7. The minimum atomic E-state index is -3.03. The van der Waals surface area contributed by atoms with E-state index in [1.54, 1.807) is 0 Å². The molecule has 3 aromatic carbocycles. The zero-order valence-corrected chi connectivity index (χ0v) is 23.8. The van der Waals surface area contributed by atoms with Crippen LogP contribution < -0.4 is 10.4 Å². The molecule has 3 aromatic rings. The van der Waals surface area contributed by atoms with E-state index in [-0.39, 0.29) is 18.2 Å². The fraction of sp³-hybridized carbons (Fsp3) is 0.290. The number of methoxy groups -OCH3 is 1. The summed E-state index contributed by atoms with van der Waals surface area (Å²) in [7, 11) is -1.73. The van der Waals surface area contributed by atoms with Gasteiger partial charge in [-0.05, 0) is 21.0 Å². The van der Waals surface area contributed by atoms with E-state index >= 15 is 0 Å². The Kier molecular flexibility index (Phi) is 9.44. The van der Waals surface area contributed by atoms with Gasteiger partial charge >= 0.3 is 11.9 Å². The van der Waals surface area contributed by atoms with Gasteiger partial charge in [-0.2, -0.15) is 0 Å². The van der Waals surface area contributed by atoms with Crippen LogP contribution in [0, 0.1) is 0 Å². The summed E-state index contributed by atoms with van der Waals surface area (Å²) in [6.07, 6.45) is 1.45. The minimum Gasteiger partial charge on any atom is -0.467 e. The summed E-state index contributed by atoms with van der Waals surface area (Å²) in [5.41, 5.74) is -0.766. The highest BCUT2D eigenvalue weighted by atomic mass is 28.4. The van der Waals surface area contributed by atoms with Crippen LogP contribution in [0.15, 0.2) is 104 Å². The highest BCUT2D eigenvalue weighted by molar-refractivity contribution is 6.99. The predicted molar refractivity (Wildman–Crippen MR) is 152 cm³/mol. The third-order valence-electron chi connectivity index (χ3n) is 6.65. The lowest BCUT2D eigenvalue weighted by Crippen LogP contribution is -2.69. The number of hydrogen-bond acceptors (Lipinski definition) is 6. The topological polar surface area (TPSA) is 65.1 Å². The first-order chi connectivity index (χ1) is 18.1. The van der Waals surface area contributed by atoms with Crippen molar-refractivity contribution in [1.82, 2.24) is 5.06 Å². The number of nitrogens with zero attached hydrogens (tertiary/aromatic N) is 1. The lowest BCUT2D eigenvalue weighted by molar-refractivity contribution is -0.226. The van der Waals surface area contributed by atoms with Gasteiger partial charge in [-0.15, -0.1) is 11.6 Å². The van der Waals surface area contributed by atoms with E-state index in [0.29, 0.717) is 0 Å². The summed E-state index contributed by atoms with van der Waals surface area (Å²) in [5.74, 6) is -1.20. The van der Waals surface area contributed by atoms with Crippen LogP contribution in [0.5, 0.6) is 0 Å². The van der Waals surface area contributed by atoms with E-state index in [0.717, 1.165) is 15.9 Å². The Bertz CT molecular complexity index is 1170. The van der Waals surface area contributed by atoms with Crippen LogP contribution >= 0.6 is 0 Å². The van der Waals surface area contributed by atoms with E-state index in [2.05, 4.69) is 51.6 Å². The second-order valence-electron chi connectivity index (χ2n) is 10.2. The smallest absolute Gasteiger partial charge is 0.336 e. The Morgan fingerprint density at radius 2 is 1.34 bits per heavy atom. The Morgan fingerprint density at radius 1 is 0.868 bits per heavy atom. The van der Waals surface area contributed by atoms with Crippen LogP contribution in [0.25, 0.3) is 0 Å². The molecular formula is C31H37NO5Si. The van der Waals surface area contributed by atoms with Gasteiger partial charge < -0.3 is 14.0 Å². The Labute approximate surface area is 226 Å². The molecule has 6 nitrogen and oxygen atoms in total. The maximum absolute atomic E-state index is 13.5. The van der Waals surface area contributed by atoms with Crippen molar-refractivity contribution in [2.75, 3.05) is 13.7 Å². The van der Waals surface area contributed by atoms with Crippen LogP contribution in [-0.2, 0) is 30.1 Å². The van der Waals surface area contributed by atoms with Crippen molar-refractivity contribution in [3.05, 3.63) is 109 Å². The van der Waals surface area contributed by atoms with Gasteiger partial charge in [0.15, 0.2) is 5.54 Å². The molecule has 0 radical (unpaired) electrons. The third-order valence-corrected chi connectivity index (χ3v) is 11.6. The van der Waals surface area contributed by atoms with Gasteiger partial charge in [0.25, 0.3) is 8.32 Å². The van der Waals surface area contributed by atoms with Gasteiger partial charge in [0.05, 0.1) is 20.3 Å². The third kappa shape index (κ3) is 5.96. The number of carbonyl (C=O) groups is 2. The molecule has 0 aliphatic heterocycles. The van der Waals surface area contributed by atoms with Crippen LogP contribution in [0.2, 0.25) is 5.04 Å². The SMILES string of the molecule is C=C[C@](CO[Si](c1ccccc1)(c1ccccc1)C(C)(C)C)(C(=O)OC)N(Cc1ccccc1)OC(C)=O. The molecular weight excluding hydrogens is 494 g/mol. The van der Waals surface area contributed by atoms with Gasteiger partial charge in [0.2, 0.25) is 0 Å². The van der Waals surface area contributed by atoms with Gasteiger partial charge in [-0.3, -0.25) is 4.79 Å². The maximum Gasteiger partial charge on any atom is 0.336 e. The normalized spacial score (nSPS) is 13.4. The van der Waals surface area contributed by atoms with E-state index in [1.807, 2.05) is 66.7 Å². The largest absolute Gasteiger partial charge is 0.467 e. The zero-order valence-electron chi connectivity index (χ0n) is 22.8. The van der Waals surface area contributed by atoms with Crippen molar-refractivity contribution in [1.29, 1.82) is 0 Å². The van der Waals surface area contributed by atoms with E-state index < -0.39 is 25.8 Å². The monoisotopic (exact) mass is 531 g/mol. The average molecular weight is 532 g/mol. The number of hydrogen-bond donors (Lipinski definition) is 0. The molecule has 38 heavy (non-hydrogen) atoms. The molecule has 0 saturated heterocycles. The van der Waals surface area contributed by atoms with Gasteiger partial charge in [-0.25, -0.2) is 4.79 Å². The number of esters is 1. The molecule has 7 heteroatoms. The summed E-state index contributed by atoms with van der Waals surface area (Å²) in [6.45, 7) is 11.7. The predicted octanol–water partition coefficient (Wildman–Crippen LogP) is 4.64. The molecule has 0 N–H and O–H groups in total. The molecule has 0 unspecified atom stereocenters. The van der Waals surface area contributed by atoms with E-state index in [1.165, 1.54) is 25.2 Å². The number of benzene rings is 3. The first-order valence-corrected chi connectivity index (χ1v) is 14.5. The molecule has 0 fully saturated rings. The zero-order chi connectivity index (χ0) is 27.8. The molecule has 0 spiro atoms. The van der Waals surface area contributed by atoms with Crippen molar-refractivity contribution < 1.29 is 23.6 Å². The van der Waals surface area contributed by atoms with E-state index in [9.17, 15) is 9.59 Å². The Balaban J connectivity index is 2.19. The second-order valence-corrected chi connectivity index (χ2v) is 14.5. The Hall–Kier alpha value is -3.52. The first-order valence-electron chi connectivity index (χ1n) is 12.6. The lowest BCUT2D eigenvalue weighted by atomic mass is 10.00.